The molecule has 1 rings (SSSR count). The monoisotopic (exact) mass is 161 g/mol. The Labute approximate surface area is 75.3 Å². The third-order valence-electron chi connectivity index (χ3n) is 1.74. The zero-order chi connectivity index (χ0) is 7.94. The maximum absolute atomic E-state index is 2.25. The second kappa shape index (κ2) is 5.41. The van der Waals surface area contributed by atoms with E-state index in [4.69, 9.17) is 0 Å². The Morgan fingerprint density at radius 1 is 1.18 bits per heavy atom. The zero-order valence-electron chi connectivity index (χ0n) is 7.09. The molecule has 0 aromatic heterocycles. The summed E-state index contributed by atoms with van der Waals surface area (Å²) in [5.41, 5.74) is 0. The van der Waals surface area contributed by atoms with Gasteiger partial charge in [0.2, 0.25) is 15.2 Å². The van der Waals surface area contributed by atoms with Gasteiger partial charge in [0.25, 0.3) is 0 Å². The maximum atomic E-state index is 2.25. The standard InChI is InChI=1S/C6H5.C4H9.Al/c1-2-4-6-5-3-1;1-3-4-2;/h1-5H;1,3-4H2,2H3;. The lowest BCUT2D eigenvalue weighted by atomic mass is 10.4. The van der Waals surface area contributed by atoms with Gasteiger partial charge in [-0.1, -0.05) is 55.4 Å². The van der Waals surface area contributed by atoms with Gasteiger partial charge >= 0.3 is 0 Å². The van der Waals surface area contributed by atoms with Crippen molar-refractivity contribution in [1.82, 2.24) is 0 Å². The van der Waals surface area contributed by atoms with Gasteiger partial charge in [-0.15, -0.1) is 4.43 Å². The minimum atomic E-state index is 0.544. The Morgan fingerprint density at radius 3 is 2.55 bits per heavy atom. The molecule has 0 atom stereocenters. The lowest BCUT2D eigenvalue weighted by Gasteiger charge is -1.96. The second-order valence-corrected chi connectivity index (χ2v) is 4.41. The molecular formula is C10H14Al. The molecule has 1 radical (unpaired) electrons. The largest absolute Gasteiger partial charge is 0.250 e. The fourth-order valence-electron chi connectivity index (χ4n) is 1.06. The first-order valence-corrected chi connectivity index (χ1v) is 5.71. The molecule has 0 saturated heterocycles. The van der Waals surface area contributed by atoms with E-state index in [9.17, 15) is 0 Å². The lowest BCUT2D eigenvalue weighted by Crippen LogP contribution is -2.11. The molecule has 0 nitrogen and oxygen atoms in total. The van der Waals surface area contributed by atoms with E-state index < -0.39 is 0 Å². The molecule has 0 amide bonds. The summed E-state index contributed by atoms with van der Waals surface area (Å²) in [5, 5.41) is 1.42. The van der Waals surface area contributed by atoms with Crippen LogP contribution in [0.15, 0.2) is 30.3 Å². The predicted molar refractivity (Wildman–Crippen MR) is 51.5 cm³/mol. The van der Waals surface area contributed by atoms with Gasteiger partial charge in [0, 0.05) is 0 Å². The van der Waals surface area contributed by atoms with Gasteiger partial charge in [-0.2, -0.15) is 0 Å². The highest BCUT2D eigenvalue weighted by Crippen LogP contribution is 1.93. The Bertz CT molecular complexity index is 181. The molecule has 1 heteroatoms. The predicted octanol–water partition coefficient (Wildman–Crippen LogP) is 2.23. The minimum Gasteiger partial charge on any atom is -0.124 e. The van der Waals surface area contributed by atoms with E-state index in [1.165, 1.54) is 18.1 Å². The van der Waals surface area contributed by atoms with Crippen LogP contribution in [0.5, 0.6) is 0 Å². The topological polar surface area (TPSA) is 0 Å². The van der Waals surface area contributed by atoms with Crippen molar-refractivity contribution in [2.75, 3.05) is 0 Å². The van der Waals surface area contributed by atoms with Crippen molar-refractivity contribution in [3.05, 3.63) is 30.3 Å². The van der Waals surface area contributed by atoms with Crippen LogP contribution >= 0.6 is 0 Å². The third kappa shape index (κ3) is 3.60. The maximum Gasteiger partial charge on any atom is 0.250 e. The average Bonchev–Trinajstić information content (AvgIpc) is 2.07. The normalized spacial score (nSPS) is 9.55. The number of hydrogen-bond acceptors (Lipinski definition) is 0. The molecule has 0 unspecified atom stereocenters. The lowest BCUT2D eigenvalue weighted by molar-refractivity contribution is 0.881. The van der Waals surface area contributed by atoms with E-state index in [1.807, 2.05) is 0 Å². The van der Waals surface area contributed by atoms with Gasteiger partial charge < -0.3 is 0 Å². The molecule has 1 aromatic rings. The molecule has 0 heterocycles. The van der Waals surface area contributed by atoms with Gasteiger partial charge in [-0.05, 0) is 0 Å². The summed E-state index contributed by atoms with van der Waals surface area (Å²) in [6.45, 7) is 2.25. The van der Waals surface area contributed by atoms with Crippen LogP contribution in [-0.2, 0) is 0 Å². The number of rotatable bonds is 4. The molecule has 57 valence electrons. The summed E-state index contributed by atoms with van der Waals surface area (Å²) in [7, 11) is 0. The van der Waals surface area contributed by atoms with Crippen LogP contribution in [0.4, 0.5) is 0 Å². The summed E-state index contributed by atoms with van der Waals surface area (Å²) in [5.74, 6) is 0. The SMILES string of the molecule is CCC[CH2][Al][c]1ccccc1. The van der Waals surface area contributed by atoms with Crippen LogP contribution in [-0.4, -0.2) is 15.2 Å². The van der Waals surface area contributed by atoms with Gasteiger partial charge in [-0.25, -0.2) is 0 Å². The molecule has 0 aliphatic heterocycles. The Kier molecular flexibility index (Phi) is 4.35. The van der Waals surface area contributed by atoms with Crippen molar-refractivity contribution < 1.29 is 0 Å². The highest BCUT2D eigenvalue weighted by Gasteiger charge is 1.93. The van der Waals surface area contributed by atoms with E-state index in [2.05, 4.69) is 37.3 Å². The van der Waals surface area contributed by atoms with Crippen molar-refractivity contribution in [2.24, 2.45) is 0 Å². The summed E-state index contributed by atoms with van der Waals surface area (Å²) in [6, 6.07) is 10.8. The molecule has 0 bridgehead atoms. The Hall–Kier alpha value is -0.248. The van der Waals surface area contributed by atoms with Gasteiger partial charge in [-0.3, -0.25) is 0 Å². The number of unbranched alkanes of at least 4 members (excludes halogenated alkanes) is 1. The average molecular weight is 161 g/mol. The molecule has 0 aliphatic carbocycles. The van der Waals surface area contributed by atoms with Crippen LogP contribution in [0.2, 0.25) is 5.28 Å². The van der Waals surface area contributed by atoms with Crippen LogP contribution < -0.4 is 4.43 Å². The zero-order valence-corrected chi connectivity index (χ0v) is 8.24. The fourth-order valence-corrected chi connectivity index (χ4v) is 2.50. The van der Waals surface area contributed by atoms with Gasteiger partial charge in [0.15, 0.2) is 0 Å². The van der Waals surface area contributed by atoms with Gasteiger partial charge in [0.05, 0.1) is 0 Å². The van der Waals surface area contributed by atoms with E-state index in [-0.39, 0.29) is 0 Å². The Morgan fingerprint density at radius 2 is 1.91 bits per heavy atom. The molecule has 0 spiro atoms. The number of benzene rings is 1. The minimum absolute atomic E-state index is 0.544. The molecule has 0 fully saturated rings. The Balaban J connectivity index is 2.28. The van der Waals surface area contributed by atoms with E-state index in [1.54, 1.807) is 4.43 Å². The van der Waals surface area contributed by atoms with Crippen molar-refractivity contribution in [3.8, 4) is 0 Å². The van der Waals surface area contributed by atoms with Crippen molar-refractivity contribution >= 4 is 19.6 Å². The molecule has 0 aliphatic rings. The van der Waals surface area contributed by atoms with Crippen molar-refractivity contribution in [2.45, 2.75) is 25.0 Å². The summed E-state index contributed by atoms with van der Waals surface area (Å²) in [4.78, 5) is 0. The summed E-state index contributed by atoms with van der Waals surface area (Å²) < 4.78 is 1.56. The quantitative estimate of drug-likeness (QED) is 0.469. The molecule has 0 N–H and O–H groups in total. The molecular weight excluding hydrogens is 147 g/mol. The van der Waals surface area contributed by atoms with E-state index >= 15 is 0 Å². The van der Waals surface area contributed by atoms with Crippen LogP contribution in [0, 0.1) is 0 Å². The summed E-state index contributed by atoms with van der Waals surface area (Å²) >= 11 is 0.544. The fraction of sp³-hybridized carbons (Fsp3) is 0.400. The molecule has 1 aromatic carbocycles. The van der Waals surface area contributed by atoms with Gasteiger partial charge in [0.1, 0.15) is 0 Å². The first-order valence-electron chi connectivity index (χ1n) is 4.31. The van der Waals surface area contributed by atoms with Crippen LogP contribution in [0.25, 0.3) is 0 Å². The van der Waals surface area contributed by atoms with Crippen molar-refractivity contribution in [3.63, 3.8) is 0 Å². The highest BCUT2D eigenvalue weighted by atomic mass is 27.1. The smallest absolute Gasteiger partial charge is 0.124 e. The second-order valence-electron chi connectivity index (χ2n) is 2.76. The first-order chi connectivity index (χ1) is 5.43. The highest BCUT2D eigenvalue weighted by molar-refractivity contribution is 6.53. The van der Waals surface area contributed by atoms with Crippen LogP contribution in [0.1, 0.15) is 19.8 Å². The molecule has 0 saturated carbocycles. The van der Waals surface area contributed by atoms with Crippen molar-refractivity contribution in [1.29, 1.82) is 0 Å². The van der Waals surface area contributed by atoms with E-state index in [0.717, 1.165) is 0 Å². The summed E-state index contributed by atoms with van der Waals surface area (Å²) in [6.07, 6.45) is 2.73. The van der Waals surface area contributed by atoms with Crippen LogP contribution in [0.3, 0.4) is 0 Å². The van der Waals surface area contributed by atoms with E-state index in [0.29, 0.717) is 15.2 Å². The number of hydrogen-bond donors (Lipinski definition) is 0. The first kappa shape index (κ1) is 8.85. The third-order valence-corrected chi connectivity index (χ3v) is 3.29. The molecule has 11 heavy (non-hydrogen) atoms.